The van der Waals surface area contributed by atoms with Crippen LogP contribution >= 0.6 is 0 Å². The number of nitrogens with zero attached hydrogens (tertiary/aromatic N) is 1. The summed E-state index contributed by atoms with van der Waals surface area (Å²) in [5.74, 6) is 0.757. The minimum atomic E-state index is -0.00606. The number of aryl methyl sites for hydroxylation is 2. The molecule has 1 aromatic heterocycles. The highest BCUT2D eigenvalue weighted by Gasteiger charge is 2.09. The largest absolute Gasteiger partial charge is 0.361 e. The van der Waals surface area contributed by atoms with Crippen LogP contribution in [0.4, 0.5) is 0 Å². The predicted octanol–water partition coefficient (Wildman–Crippen LogP) is 0.907. The van der Waals surface area contributed by atoms with Crippen LogP contribution in [0, 0.1) is 13.8 Å². The van der Waals surface area contributed by atoms with Gasteiger partial charge in [-0.1, -0.05) is 12.1 Å². The second kappa shape index (κ2) is 6.27. The summed E-state index contributed by atoms with van der Waals surface area (Å²) in [6, 6.07) is 0. The van der Waals surface area contributed by atoms with Crippen molar-refractivity contribution in [2.45, 2.75) is 33.7 Å². The Morgan fingerprint density at radius 1 is 1.44 bits per heavy atom. The smallest absolute Gasteiger partial charge is 0.234 e. The molecule has 1 aromatic rings. The molecule has 0 radical (unpaired) electrons. The molecular formula is C11H19N3O2. The molecule has 1 heterocycles. The maximum Gasteiger partial charge on any atom is 0.234 e. The molecule has 0 aliphatic rings. The predicted molar refractivity (Wildman–Crippen MR) is 61.0 cm³/mol. The van der Waals surface area contributed by atoms with Crippen molar-refractivity contribution in [1.82, 2.24) is 15.8 Å². The normalized spacial score (nSPS) is 10.4. The first-order valence-electron chi connectivity index (χ1n) is 5.54. The quantitative estimate of drug-likeness (QED) is 0.706. The Hall–Kier alpha value is -1.36. The van der Waals surface area contributed by atoms with Crippen LogP contribution in [0.2, 0.25) is 0 Å². The highest BCUT2D eigenvalue weighted by molar-refractivity contribution is 5.77. The summed E-state index contributed by atoms with van der Waals surface area (Å²) in [6.07, 6.45) is 1.02. The minimum absolute atomic E-state index is 0.00606. The number of hydrogen-bond acceptors (Lipinski definition) is 4. The fourth-order valence-corrected chi connectivity index (χ4v) is 1.38. The maximum absolute atomic E-state index is 11.4. The molecule has 0 aliphatic heterocycles. The lowest BCUT2D eigenvalue weighted by Crippen LogP contribution is -2.33. The van der Waals surface area contributed by atoms with Gasteiger partial charge in [-0.2, -0.15) is 0 Å². The van der Waals surface area contributed by atoms with Gasteiger partial charge in [0.15, 0.2) is 0 Å². The lowest BCUT2D eigenvalue weighted by Gasteiger charge is -2.05. The highest BCUT2D eigenvalue weighted by Crippen LogP contribution is 2.11. The van der Waals surface area contributed by atoms with Gasteiger partial charge < -0.3 is 15.2 Å². The van der Waals surface area contributed by atoms with Crippen LogP contribution in [0.15, 0.2) is 4.52 Å². The fraction of sp³-hybridized carbons (Fsp3) is 0.636. The van der Waals surface area contributed by atoms with Gasteiger partial charge in [0.2, 0.25) is 5.91 Å². The summed E-state index contributed by atoms with van der Waals surface area (Å²) in [7, 11) is 0. The van der Waals surface area contributed by atoms with Crippen molar-refractivity contribution in [2.24, 2.45) is 0 Å². The van der Waals surface area contributed by atoms with Crippen LogP contribution in [-0.4, -0.2) is 24.2 Å². The van der Waals surface area contributed by atoms with Crippen molar-refractivity contribution in [2.75, 3.05) is 13.1 Å². The molecule has 5 nitrogen and oxygen atoms in total. The van der Waals surface area contributed by atoms with Gasteiger partial charge in [-0.15, -0.1) is 0 Å². The summed E-state index contributed by atoms with van der Waals surface area (Å²) in [6.45, 7) is 7.47. The van der Waals surface area contributed by atoms with E-state index in [1.54, 1.807) is 0 Å². The zero-order chi connectivity index (χ0) is 12.0. The minimum Gasteiger partial charge on any atom is -0.361 e. The van der Waals surface area contributed by atoms with E-state index in [2.05, 4.69) is 22.7 Å². The van der Waals surface area contributed by atoms with Crippen LogP contribution < -0.4 is 10.6 Å². The highest BCUT2D eigenvalue weighted by atomic mass is 16.5. The van der Waals surface area contributed by atoms with Crippen molar-refractivity contribution >= 4 is 5.91 Å². The molecule has 0 unspecified atom stereocenters. The molecule has 0 spiro atoms. The third-order valence-electron chi connectivity index (χ3n) is 2.36. The molecule has 2 N–H and O–H groups in total. The molecule has 1 amide bonds. The molecule has 0 saturated carbocycles. The van der Waals surface area contributed by atoms with Gasteiger partial charge in [0, 0.05) is 12.1 Å². The number of nitrogens with one attached hydrogen (secondary N) is 2. The Morgan fingerprint density at radius 3 is 2.75 bits per heavy atom. The molecule has 90 valence electrons. The third kappa shape index (κ3) is 3.66. The molecule has 5 heteroatoms. The molecule has 0 saturated heterocycles. The molecule has 16 heavy (non-hydrogen) atoms. The molecule has 0 bridgehead atoms. The lowest BCUT2D eigenvalue weighted by molar-refractivity contribution is -0.120. The van der Waals surface area contributed by atoms with Gasteiger partial charge in [0.05, 0.1) is 12.2 Å². The fourth-order valence-electron chi connectivity index (χ4n) is 1.38. The number of carbonyl (C=O) groups is 1. The topological polar surface area (TPSA) is 67.2 Å². The first kappa shape index (κ1) is 12.7. The van der Waals surface area contributed by atoms with E-state index in [9.17, 15) is 4.79 Å². The van der Waals surface area contributed by atoms with Crippen LogP contribution in [0.3, 0.4) is 0 Å². The molecule has 1 rings (SSSR count). The molecule has 0 aliphatic carbocycles. The summed E-state index contributed by atoms with van der Waals surface area (Å²) in [4.78, 5) is 11.4. The van der Waals surface area contributed by atoms with Gasteiger partial charge in [-0.05, 0) is 26.8 Å². The third-order valence-corrected chi connectivity index (χ3v) is 2.36. The van der Waals surface area contributed by atoms with E-state index in [0.29, 0.717) is 13.1 Å². The summed E-state index contributed by atoms with van der Waals surface area (Å²) in [5, 5.41) is 9.69. The zero-order valence-electron chi connectivity index (χ0n) is 10.1. The lowest BCUT2D eigenvalue weighted by atomic mass is 10.2. The number of carbonyl (C=O) groups excluding carboxylic acids is 1. The van der Waals surface area contributed by atoms with Gasteiger partial charge in [-0.25, -0.2) is 0 Å². The summed E-state index contributed by atoms with van der Waals surface area (Å²) >= 11 is 0. The zero-order valence-corrected chi connectivity index (χ0v) is 10.1. The Bertz CT molecular complexity index is 327. The molecular weight excluding hydrogens is 206 g/mol. The van der Waals surface area contributed by atoms with E-state index in [-0.39, 0.29) is 5.91 Å². The van der Waals surface area contributed by atoms with Crippen LogP contribution in [0.5, 0.6) is 0 Å². The van der Waals surface area contributed by atoms with Gasteiger partial charge in [0.25, 0.3) is 0 Å². The van der Waals surface area contributed by atoms with Crippen molar-refractivity contribution in [1.29, 1.82) is 0 Å². The van der Waals surface area contributed by atoms with Crippen molar-refractivity contribution < 1.29 is 9.32 Å². The van der Waals surface area contributed by atoms with Gasteiger partial charge in [0.1, 0.15) is 5.76 Å². The number of rotatable bonds is 6. The SMILES string of the molecule is CCCNCC(=O)NCc1c(C)noc1C. The van der Waals surface area contributed by atoms with Gasteiger partial charge in [-0.3, -0.25) is 4.79 Å². The summed E-state index contributed by atoms with van der Waals surface area (Å²) in [5.41, 5.74) is 1.79. The Labute approximate surface area is 95.6 Å². The Kier molecular flexibility index (Phi) is 4.98. The van der Waals surface area contributed by atoms with E-state index in [1.165, 1.54) is 0 Å². The monoisotopic (exact) mass is 225 g/mol. The number of hydrogen-bond donors (Lipinski definition) is 2. The Balaban J connectivity index is 2.32. The second-order valence-electron chi connectivity index (χ2n) is 3.76. The first-order chi connectivity index (χ1) is 7.65. The standard InChI is InChI=1S/C11H19N3O2/c1-4-5-12-7-11(15)13-6-10-8(2)14-16-9(10)3/h12H,4-7H2,1-3H3,(H,13,15). The number of aromatic nitrogens is 1. The van der Waals surface area contributed by atoms with Crippen LogP contribution in [-0.2, 0) is 11.3 Å². The van der Waals surface area contributed by atoms with Crippen molar-refractivity contribution in [3.8, 4) is 0 Å². The maximum atomic E-state index is 11.4. The van der Waals surface area contributed by atoms with Gasteiger partial charge >= 0.3 is 0 Å². The molecule has 0 fully saturated rings. The van der Waals surface area contributed by atoms with Crippen LogP contribution in [0.1, 0.15) is 30.4 Å². The van der Waals surface area contributed by atoms with E-state index in [4.69, 9.17) is 4.52 Å². The summed E-state index contributed by atoms with van der Waals surface area (Å²) < 4.78 is 5.01. The van der Waals surface area contributed by atoms with Crippen molar-refractivity contribution in [3.63, 3.8) is 0 Å². The van der Waals surface area contributed by atoms with Crippen molar-refractivity contribution in [3.05, 3.63) is 17.0 Å². The Morgan fingerprint density at radius 2 is 2.19 bits per heavy atom. The van der Waals surface area contributed by atoms with E-state index >= 15 is 0 Å². The molecule has 0 atom stereocenters. The second-order valence-corrected chi connectivity index (χ2v) is 3.76. The average molecular weight is 225 g/mol. The van der Waals surface area contributed by atoms with Crippen LogP contribution in [0.25, 0.3) is 0 Å². The average Bonchev–Trinajstić information content (AvgIpc) is 2.57. The van der Waals surface area contributed by atoms with E-state index < -0.39 is 0 Å². The van der Waals surface area contributed by atoms with E-state index in [1.807, 2.05) is 13.8 Å². The number of amides is 1. The molecule has 0 aromatic carbocycles. The first-order valence-corrected chi connectivity index (χ1v) is 5.54. The van der Waals surface area contributed by atoms with E-state index in [0.717, 1.165) is 30.0 Å².